The molecule has 0 bridgehead atoms. The Labute approximate surface area is 114 Å². The van der Waals surface area contributed by atoms with Gasteiger partial charge < -0.3 is 10.2 Å². The molecule has 1 aromatic carbocycles. The standard InChI is InChI=1S/C15H22N4/c1-11(13-6-4-8-19(2)10-13)17-14-7-3-5-12-9-16-18-15(12)14/h3,5,7,9,11,13,17H,4,6,8,10H2,1-2H3,(H,16,18). The van der Waals surface area contributed by atoms with E-state index in [4.69, 9.17) is 0 Å². The Morgan fingerprint density at radius 1 is 1.47 bits per heavy atom. The Morgan fingerprint density at radius 3 is 3.21 bits per heavy atom. The number of nitrogens with zero attached hydrogens (tertiary/aromatic N) is 2. The Balaban J connectivity index is 1.75. The Hall–Kier alpha value is -1.55. The van der Waals surface area contributed by atoms with Gasteiger partial charge in [-0.1, -0.05) is 12.1 Å². The van der Waals surface area contributed by atoms with Gasteiger partial charge in [-0.25, -0.2) is 0 Å². The van der Waals surface area contributed by atoms with Crippen molar-refractivity contribution in [2.24, 2.45) is 5.92 Å². The van der Waals surface area contributed by atoms with Gasteiger partial charge in [0.1, 0.15) is 0 Å². The average Bonchev–Trinajstić information content (AvgIpc) is 2.88. The van der Waals surface area contributed by atoms with Gasteiger partial charge in [0, 0.05) is 18.0 Å². The van der Waals surface area contributed by atoms with Gasteiger partial charge >= 0.3 is 0 Å². The number of fused-ring (bicyclic) bond motifs is 1. The molecule has 1 fully saturated rings. The number of piperidine rings is 1. The number of H-pyrrole nitrogens is 1. The summed E-state index contributed by atoms with van der Waals surface area (Å²) in [5.41, 5.74) is 2.27. The van der Waals surface area contributed by atoms with Crippen LogP contribution in [0.5, 0.6) is 0 Å². The second-order valence-electron chi connectivity index (χ2n) is 5.74. The monoisotopic (exact) mass is 258 g/mol. The molecule has 2 unspecified atom stereocenters. The maximum absolute atomic E-state index is 4.12. The first-order valence-electron chi connectivity index (χ1n) is 7.11. The van der Waals surface area contributed by atoms with E-state index in [-0.39, 0.29) is 0 Å². The van der Waals surface area contributed by atoms with Gasteiger partial charge in [0.15, 0.2) is 0 Å². The van der Waals surface area contributed by atoms with Crippen LogP contribution in [0.25, 0.3) is 10.9 Å². The van der Waals surface area contributed by atoms with Crippen LogP contribution >= 0.6 is 0 Å². The molecule has 2 atom stereocenters. The number of para-hydroxylation sites is 1. The predicted octanol–water partition coefficient (Wildman–Crippen LogP) is 2.71. The molecular weight excluding hydrogens is 236 g/mol. The molecule has 19 heavy (non-hydrogen) atoms. The fraction of sp³-hybridized carbons (Fsp3) is 0.533. The smallest absolute Gasteiger partial charge is 0.0881 e. The summed E-state index contributed by atoms with van der Waals surface area (Å²) in [6, 6.07) is 6.78. The van der Waals surface area contributed by atoms with E-state index in [9.17, 15) is 0 Å². The van der Waals surface area contributed by atoms with E-state index in [1.165, 1.54) is 25.9 Å². The second kappa shape index (κ2) is 5.21. The molecule has 2 aromatic rings. The molecule has 102 valence electrons. The fourth-order valence-electron chi connectivity index (χ4n) is 3.07. The van der Waals surface area contributed by atoms with Gasteiger partial charge in [0.05, 0.1) is 17.4 Å². The average molecular weight is 258 g/mol. The second-order valence-corrected chi connectivity index (χ2v) is 5.74. The van der Waals surface area contributed by atoms with Crippen LogP contribution in [0, 0.1) is 5.92 Å². The number of benzene rings is 1. The highest BCUT2D eigenvalue weighted by Crippen LogP contribution is 2.25. The van der Waals surface area contributed by atoms with Crippen LogP contribution in [0.15, 0.2) is 24.4 Å². The molecule has 0 amide bonds. The van der Waals surface area contributed by atoms with Crippen LogP contribution in [0.2, 0.25) is 0 Å². The van der Waals surface area contributed by atoms with Gasteiger partial charge in [0.2, 0.25) is 0 Å². The summed E-state index contributed by atoms with van der Waals surface area (Å²) in [5, 5.41) is 12.0. The zero-order valence-electron chi connectivity index (χ0n) is 11.7. The highest BCUT2D eigenvalue weighted by molar-refractivity contribution is 5.89. The van der Waals surface area contributed by atoms with Gasteiger partial charge in [0.25, 0.3) is 0 Å². The van der Waals surface area contributed by atoms with Gasteiger partial charge in [-0.15, -0.1) is 0 Å². The molecule has 3 rings (SSSR count). The van der Waals surface area contributed by atoms with Crippen molar-refractivity contribution < 1.29 is 0 Å². The van der Waals surface area contributed by atoms with Crippen molar-refractivity contribution in [3.63, 3.8) is 0 Å². The van der Waals surface area contributed by atoms with E-state index >= 15 is 0 Å². The zero-order valence-corrected chi connectivity index (χ0v) is 11.7. The summed E-state index contributed by atoms with van der Waals surface area (Å²) in [4.78, 5) is 2.43. The minimum absolute atomic E-state index is 0.483. The highest BCUT2D eigenvalue weighted by Gasteiger charge is 2.23. The lowest BCUT2D eigenvalue weighted by atomic mass is 9.91. The van der Waals surface area contributed by atoms with Gasteiger partial charge in [-0.3, -0.25) is 5.10 Å². The number of likely N-dealkylation sites (tertiary alicyclic amines) is 1. The molecule has 1 saturated heterocycles. The maximum Gasteiger partial charge on any atom is 0.0881 e. The number of hydrogen-bond acceptors (Lipinski definition) is 3. The maximum atomic E-state index is 4.12. The van der Waals surface area contributed by atoms with Crippen molar-refractivity contribution in [3.05, 3.63) is 24.4 Å². The lowest BCUT2D eigenvalue weighted by Crippen LogP contribution is -2.39. The van der Waals surface area contributed by atoms with Gasteiger partial charge in [-0.2, -0.15) is 5.10 Å². The van der Waals surface area contributed by atoms with E-state index in [1.54, 1.807) is 0 Å². The Morgan fingerprint density at radius 2 is 2.37 bits per heavy atom. The lowest BCUT2D eigenvalue weighted by Gasteiger charge is -2.34. The van der Waals surface area contributed by atoms with E-state index in [2.05, 4.69) is 52.6 Å². The van der Waals surface area contributed by atoms with Gasteiger partial charge in [-0.05, 0) is 45.3 Å². The molecule has 2 N–H and O–H groups in total. The van der Waals surface area contributed by atoms with E-state index in [0.29, 0.717) is 6.04 Å². The minimum Gasteiger partial charge on any atom is -0.381 e. The van der Waals surface area contributed by atoms with Crippen LogP contribution in [0.3, 0.4) is 0 Å². The summed E-state index contributed by atoms with van der Waals surface area (Å²) < 4.78 is 0. The van der Waals surface area contributed by atoms with Crippen molar-refractivity contribution >= 4 is 16.6 Å². The van der Waals surface area contributed by atoms with E-state index in [1.807, 2.05) is 6.20 Å². The van der Waals surface area contributed by atoms with Crippen molar-refractivity contribution in [3.8, 4) is 0 Å². The van der Waals surface area contributed by atoms with Crippen molar-refractivity contribution in [1.82, 2.24) is 15.1 Å². The number of rotatable bonds is 3. The number of hydrogen-bond donors (Lipinski definition) is 2. The Kier molecular flexibility index (Phi) is 3.42. The van der Waals surface area contributed by atoms with Crippen molar-refractivity contribution in [2.75, 3.05) is 25.5 Å². The van der Waals surface area contributed by atoms with Crippen LogP contribution in [-0.4, -0.2) is 41.3 Å². The van der Waals surface area contributed by atoms with Crippen molar-refractivity contribution in [1.29, 1.82) is 0 Å². The first kappa shape index (κ1) is 12.5. The summed E-state index contributed by atoms with van der Waals surface area (Å²) in [7, 11) is 2.22. The quantitative estimate of drug-likeness (QED) is 0.889. The molecule has 1 aromatic heterocycles. The molecule has 2 heterocycles. The zero-order chi connectivity index (χ0) is 13.2. The fourth-order valence-corrected chi connectivity index (χ4v) is 3.07. The first-order valence-corrected chi connectivity index (χ1v) is 7.11. The third-order valence-electron chi connectivity index (χ3n) is 4.23. The lowest BCUT2D eigenvalue weighted by molar-refractivity contribution is 0.197. The molecule has 1 aliphatic heterocycles. The number of anilines is 1. The van der Waals surface area contributed by atoms with Crippen molar-refractivity contribution in [2.45, 2.75) is 25.8 Å². The summed E-state index contributed by atoms with van der Waals surface area (Å²) in [6.07, 6.45) is 4.50. The molecular formula is C15H22N4. The number of aromatic amines is 1. The van der Waals surface area contributed by atoms with Crippen LogP contribution < -0.4 is 5.32 Å². The molecule has 4 heteroatoms. The molecule has 0 radical (unpaired) electrons. The highest BCUT2D eigenvalue weighted by atomic mass is 15.1. The third-order valence-corrected chi connectivity index (χ3v) is 4.23. The van der Waals surface area contributed by atoms with E-state index in [0.717, 1.165) is 22.5 Å². The Bertz CT molecular complexity index is 548. The molecule has 4 nitrogen and oxygen atoms in total. The van der Waals surface area contributed by atoms with Crippen LogP contribution in [0.4, 0.5) is 5.69 Å². The molecule has 0 aliphatic carbocycles. The minimum atomic E-state index is 0.483. The SMILES string of the molecule is CC(Nc1cccc2cn[nH]c12)C1CCCN(C)C1. The predicted molar refractivity (Wildman–Crippen MR) is 79.4 cm³/mol. The first-order chi connectivity index (χ1) is 9.24. The van der Waals surface area contributed by atoms with Crippen LogP contribution in [-0.2, 0) is 0 Å². The largest absolute Gasteiger partial charge is 0.381 e. The summed E-state index contributed by atoms with van der Waals surface area (Å²) in [5.74, 6) is 0.719. The normalized spacial score (nSPS) is 22.5. The summed E-state index contributed by atoms with van der Waals surface area (Å²) >= 11 is 0. The number of aromatic nitrogens is 2. The summed E-state index contributed by atoms with van der Waals surface area (Å²) in [6.45, 7) is 4.71. The molecule has 0 spiro atoms. The molecule has 0 saturated carbocycles. The number of nitrogens with one attached hydrogen (secondary N) is 2. The molecule has 1 aliphatic rings. The van der Waals surface area contributed by atoms with Crippen LogP contribution in [0.1, 0.15) is 19.8 Å². The topological polar surface area (TPSA) is 44.0 Å². The third kappa shape index (κ3) is 2.59. The van der Waals surface area contributed by atoms with E-state index < -0.39 is 0 Å².